The molecule has 1 aromatic carbocycles. The first-order chi connectivity index (χ1) is 15.1. The molecule has 4 bridgehead atoms. The van der Waals surface area contributed by atoms with Gasteiger partial charge in [-0.1, -0.05) is 0 Å². The fourth-order valence-corrected chi connectivity index (χ4v) is 7.47. The smallest absolute Gasteiger partial charge is 0.312 e. The molecule has 3 atom stereocenters. The lowest BCUT2D eigenvalue weighted by Gasteiger charge is -2.58. The molecule has 4 aliphatic rings. The van der Waals surface area contributed by atoms with Crippen molar-refractivity contribution in [3.8, 4) is 11.3 Å². The second kappa shape index (κ2) is 7.76. The maximum Gasteiger partial charge on any atom is 0.312 e. The van der Waals surface area contributed by atoms with Gasteiger partial charge in [-0.15, -0.1) is 22.9 Å². The maximum atomic E-state index is 13.5. The lowest BCUT2D eigenvalue weighted by Crippen LogP contribution is -2.57. The van der Waals surface area contributed by atoms with Gasteiger partial charge in [-0.25, -0.2) is 13.8 Å². The minimum Gasteiger partial charge on any atom is -0.452 e. The number of halogens is 3. The predicted octanol–water partition coefficient (Wildman–Crippen LogP) is 5.54. The van der Waals surface area contributed by atoms with Gasteiger partial charge < -0.3 is 4.74 Å². The van der Waals surface area contributed by atoms with Gasteiger partial charge in [0, 0.05) is 15.8 Å². The molecule has 1 N–H and O–H groups in total. The van der Waals surface area contributed by atoms with Crippen LogP contribution in [0.5, 0.6) is 0 Å². The molecule has 4 aliphatic carbocycles. The Labute approximate surface area is 193 Å². The fourth-order valence-electron chi connectivity index (χ4n) is 6.05. The van der Waals surface area contributed by atoms with Crippen LogP contribution >= 0.6 is 22.9 Å². The molecule has 1 heterocycles. The predicted molar refractivity (Wildman–Crippen MR) is 117 cm³/mol. The number of anilines is 1. The van der Waals surface area contributed by atoms with Crippen LogP contribution < -0.4 is 5.32 Å². The van der Waals surface area contributed by atoms with Crippen LogP contribution in [-0.2, 0) is 14.3 Å². The zero-order valence-corrected chi connectivity index (χ0v) is 19.1. The van der Waals surface area contributed by atoms with Crippen molar-refractivity contribution in [2.75, 3.05) is 5.32 Å². The molecule has 170 valence electrons. The van der Waals surface area contributed by atoms with Gasteiger partial charge in [0.25, 0.3) is 5.91 Å². The van der Waals surface area contributed by atoms with Gasteiger partial charge in [0.2, 0.25) is 0 Å². The summed E-state index contributed by atoms with van der Waals surface area (Å²) in [5, 5.41) is 4.56. The van der Waals surface area contributed by atoms with Crippen molar-refractivity contribution in [3.05, 3.63) is 35.2 Å². The van der Waals surface area contributed by atoms with Crippen LogP contribution in [0.15, 0.2) is 23.6 Å². The van der Waals surface area contributed by atoms with Crippen LogP contribution in [0, 0.1) is 28.9 Å². The number of alkyl halides is 1. The molecule has 1 amide bonds. The number of benzene rings is 1. The number of nitrogens with zero attached hydrogens (tertiary/aromatic N) is 1. The second-order valence-electron chi connectivity index (χ2n) is 9.60. The van der Waals surface area contributed by atoms with Crippen molar-refractivity contribution >= 4 is 39.9 Å². The highest BCUT2D eigenvalue weighted by Crippen LogP contribution is 2.64. The Morgan fingerprint density at radius 3 is 2.59 bits per heavy atom. The topological polar surface area (TPSA) is 68.3 Å². The van der Waals surface area contributed by atoms with Crippen LogP contribution in [0.3, 0.4) is 0 Å². The summed E-state index contributed by atoms with van der Waals surface area (Å²) in [6, 6.07) is 3.49. The minimum absolute atomic E-state index is 0.284. The van der Waals surface area contributed by atoms with Gasteiger partial charge in [-0.2, -0.15) is 0 Å². The highest BCUT2D eigenvalue weighted by atomic mass is 35.5. The fraction of sp³-hybridized carbons (Fsp3) is 0.522. The Bertz CT molecular complexity index is 1080. The lowest BCUT2D eigenvalue weighted by molar-refractivity contribution is -0.176. The summed E-state index contributed by atoms with van der Waals surface area (Å²) in [4.78, 5) is 29.7. The number of nitrogens with one attached hydrogen (secondary N) is 1. The van der Waals surface area contributed by atoms with Crippen LogP contribution in [0.1, 0.15) is 45.4 Å². The number of esters is 1. The number of thiazole rings is 1. The zero-order chi connectivity index (χ0) is 22.7. The van der Waals surface area contributed by atoms with E-state index in [1.54, 1.807) is 5.38 Å². The van der Waals surface area contributed by atoms with Crippen molar-refractivity contribution in [1.29, 1.82) is 0 Å². The molecule has 1 aromatic heterocycles. The molecule has 0 saturated heterocycles. The first kappa shape index (κ1) is 21.8. The Morgan fingerprint density at radius 1 is 1.22 bits per heavy atom. The summed E-state index contributed by atoms with van der Waals surface area (Å²) in [5.41, 5.74) is 0.230. The molecule has 0 aliphatic heterocycles. The van der Waals surface area contributed by atoms with Crippen molar-refractivity contribution in [1.82, 2.24) is 4.98 Å². The molecule has 9 heteroatoms. The molecule has 0 spiro atoms. The lowest BCUT2D eigenvalue weighted by atomic mass is 9.49. The number of ether oxygens (including phenoxy) is 1. The summed E-state index contributed by atoms with van der Waals surface area (Å²) in [6.45, 7) is 1.54. The van der Waals surface area contributed by atoms with Crippen LogP contribution in [-0.4, -0.2) is 27.8 Å². The average molecular weight is 481 g/mol. The van der Waals surface area contributed by atoms with E-state index in [9.17, 15) is 18.4 Å². The van der Waals surface area contributed by atoms with Gasteiger partial charge >= 0.3 is 5.97 Å². The molecule has 0 radical (unpaired) electrons. The number of carbonyl (C=O) groups is 2. The Morgan fingerprint density at radius 2 is 1.94 bits per heavy atom. The van der Waals surface area contributed by atoms with E-state index < -0.39 is 29.1 Å². The highest BCUT2D eigenvalue weighted by Gasteiger charge is 2.61. The molecular formula is C23H23ClF2N2O3S. The number of amides is 1. The third-order valence-electron chi connectivity index (χ3n) is 7.03. The standard InChI is InChI=1S/C23H23ClF2N2O3S/c1-12(31-20(30)22-6-13-4-14(7-22)9-23(24,8-13)11-22)19(29)28-21-27-18(10-32-21)15-2-3-16(25)17(26)5-15/h2-3,5,10,12-14H,4,6-9,11H2,1H3,(H,27,28,29)/t12-,13-,14-,22?,23?/m1/s1. The molecule has 32 heavy (non-hydrogen) atoms. The summed E-state index contributed by atoms with van der Waals surface area (Å²) in [6.07, 6.45) is 4.25. The molecule has 4 saturated carbocycles. The molecule has 5 nitrogen and oxygen atoms in total. The van der Waals surface area contributed by atoms with Gasteiger partial charge in [-0.05, 0) is 75.5 Å². The molecule has 6 rings (SSSR count). The van der Waals surface area contributed by atoms with Gasteiger partial charge in [0.15, 0.2) is 22.9 Å². The largest absolute Gasteiger partial charge is 0.452 e. The third-order valence-corrected chi connectivity index (χ3v) is 8.23. The van der Waals surface area contributed by atoms with Crippen LogP contribution in [0.2, 0.25) is 0 Å². The Hall–Kier alpha value is -2.06. The summed E-state index contributed by atoms with van der Waals surface area (Å²) in [5.74, 6) is -1.82. The highest BCUT2D eigenvalue weighted by molar-refractivity contribution is 7.14. The first-order valence-electron chi connectivity index (χ1n) is 10.8. The minimum atomic E-state index is -0.989. The number of carbonyl (C=O) groups excluding carboxylic acids is 2. The summed E-state index contributed by atoms with van der Waals surface area (Å²) < 4.78 is 32.2. The number of hydrogen-bond acceptors (Lipinski definition) is 5. The normalized spacial score (nSPS) is 31.4. The monoisotopic (exact) mass is 480 g/mol. The first-order valence-corrected chi connectivity index (χ1v) is 12.0. The van der Waals surface area contributed by atoms with Gasteiger partial charge in [-0.3, -0.25) is 14.9 Å². The molecule has 4 fully saturated rings. The van der Waals surface area contributed by atoms with Crippen LogP contribution in [0.25, 0.3) is 11.3 Å². The van der Waals surface area contributed by atoms with E-state index in [2.05, 4.69) is 10.3 Å². The number of aromatic nitrogens is 1. The summed E-state index contributed by atoms with van der Waals surface area (Å²) >= 11 is 7.95. The summed E-state index contributed by atoms with van der Waals surface area (Å²) in [7, 11) is 0. The number of rotatable bonds is 5. The third kappa shape index (κ3) is 3.92. The Kier molecular flexibility index (Phi) is 5.28. The molecule has 0 unspecified atom stereocenters. The average Bonchev–Trinajstić information content (AvgIpc) is 3.16. The van der Waals surface area contributed by atoms with E-state index in [0.29, 0.717) is 29.5 Å². The van der Waals surface area contributed by atoms with Crippen molar-refractivity contribution in [2.45, 2.75) is 56.4 Å². The number of hydrogen-bond donors (Lipinski definition) is 1. The molecular weight excluding hydrogens is 458 g/mol. The van der Waals surface area contributed by atoms with E-state index in [-0.39, 0.29) is 16.0 Å². The van der Waals surface area contributed by atoms with E-state index in [4.69, 9.17) is 16.3 Å². The van der Waals surface area contributed by atoms with E-state index in [1.807, 2.05) is 0 Å². The van der Waals surface area contributed by atoms with Crippen molar-refractivity contribution in [3.63, 3.8) is 0 Å². The zero-order valence-electron chi connectivity index (χ0n) is 17.5. The maximum absolute atomic E-state index is 13.5. The quantitative estimate of drug-likeness (QED) is 0.451. The van der Waals surface area contributed by atoms with Crippen molar-refractivity contribution in [2.24, 2.45) is 17.3 Å². The van der Waals surface area contributed by atoms with E-state index in [0.717, 1.165) is 55.6 Å². The van der Waals surface area contributed by atoms with Crippen molar-refractivity contribution < 1.29 is 23.1 Å². The Balaban J connectivity index is 1.23. The SMILES string of the molecule is C[C@@H](OC(=O)C12C[C@H]3C[C@@H](CC(Cl)(C3)C1)C2)C(=O)Nc1nc(-c2ccc(F)c(F)c2)cs1. The second-order valence-corrected chi connectivity index (χ2v) is 11.3. The van der Waals surface area contributed by atoms with E-state index >= 15 is 0 Å². The van der Waals surface area contributed by atoms with E-state index in [1.165, 1.54) is 13.0 Å². The van der Waals surface area contributed by atoms with Gasteiger partial charge in [0.1, 0.15) is 0 Å². The van der Waals surface area contributed by atoms with Crippen LogP contribution in [0.4, 0.5) is 13.9 Å². The molecule has 2 aromatic rings. The van der Waals surface area contributed by atoms with Gasteiger partial charge in [0.05, 0.1) is 11.1 Å².